The number of aliphatic hydroxyl groups is 1. The van der Waals surface area contributed by atoms with Gasteiger partial charge in [-0.3, -0.25) is 5.32 Å². The van der Waals surface area contributed by atoms with Crippen molar-refractivity contribution in [3.8, 4) is 0 Å². The summed E-state index contributed by atoms with van der Waals surface area (Å²) in [6.07, 6.45) is 0.477. The van der Waals surface area contributed by atoms with Crippen LogP contribution < -0.4 is 74.0 Å². The molecule has 12 heavy (non-hydrogen) atoms. The van der Waals surface area contributed by atoms with Gasteiger partial charge in [-0.2, -0.15) is 6.20 Å². The molecule has 1 rings (SSSR count). The monoisotopic (exact) mass is 238 g/mol. The summed E-state index contributed by atoms with van der Waals surface area (Å²) in [7, 11) is 1.57. The van der Waals surface area contributed by atoms with Gasteiger partial charge in [0.15, 0.2) is 0 Å². The molecule has 0 saturated carbocycles. The van der Waals surface area contributed by atoms with Crippen LogP contribution in [0.15, 0.2) is 23.1 Å². The van der Waals surface area contributed by atoms with Crippen LogP contribution in [0.5, 0.6) is 0 Å². The van der Waals surface area contributed by atoms with Crippen LogP contribution in [0.2, 0.25) is 0 Å². The molecule has 1 aromatic heterocycles. The van der Waals surface area contributed by atoms with Crippen LogP contribution in [-0.2, 0) is 0 Å². The fourth-order valence-electron chi connectivity index (χ4n) is 0.767. The zero-order valence-corrected chi connectivity index (χ0v) is 12.0. The Balaban J connectivity index is 0.00000121. The van der Waals surface area contributed by atoms with Crippen molar-refractivity contribution in [2.45, 2.75) is 6.23 Å². The van der Waals surface area contributed by atoms with Crippen molar-refractivity contribution in [2.75, 3.05) is 7.05 Å². The second kappa shape index (κ2) is 6.18. The molecule has 0 saturated heterocycles. The van der Waals surface area contributed by atoms with E-state index < -0.39 is 11.8 Å². The Hall–Kier alpha value is 0.675. The molecule has 0 aromatic carbocycles. The second-order valence-corrected chi connectivity index (χ2v) is 2.09. The Morgan fingerprint density at radius 2 is 2.33 bits per heavy atom. The number of rotatable bonds is 2. The van der Waals surface area contributed by atoms with Gasteiger partial charge in [0.25, 0.3) is 0 Å². The summed E-state index contributed by atoms with van der Waals surface area (Å²) in [5, 5.41) is 11.7. The number of hydrogen-bond acceptors (Lipinski definition) is 3. The van der Waals surface area contributed by atoms with E-state index >= 15 is 0 Å². The molecule has 1 aromatic rings. The smallest absolute Gasteiger partial charge is 0.629 e. The third-order valence-electron chi connectivity index (χ3n) is 1.37. The maximum absolute atomic E-state index is 10.9. The van der Waals surface area contributed by atoms with E-state index in [4.69, 9.17) is 5.11 Å². The fraction of sp³-hybridized carbons (Fsp3) is 0.286. The molecule has 2 N–H and O–H groups in total. The van der Waals surface area contributed by atoms with Crippen molar-refractivity contribution in [1.82, 2.24) is 10.3 Å². The molecule has 0 radical (unpaired) electrons. The molecular formula is C7H9N2O2Rb. The zero-order valence-electron chi connectivity index (χ0n) is 7.11. The Morgan fingerprint density at radius 1 is 1.67 bits per heavy atom. The molecule has 0 bridgehead atoms. The van der Waals surface area contributed by atoms with E-state index in [2.05, 4.69) is 10.3 Å². The summed E-state index contributed by atoms with van der Waals surface area (Å²) in [6, 6.07) is 3.15. The summed E-state index contributed by atoms with van der Waals surface area (Å²) in [5.74, 6) is 0. The van der Waals surface area contributed by atoms with E-state index in [1.807, 2.05) is 0 Å². The molecule has 1 heterocycles. The van der Waals surface area contributed by atoms with Crippen molar-refractivity contribution in [3.63, 3.8) is 0 Å². The Morgan fingerprint density at radius 3 is 2.83 bits per heavy atom. The first-order valence-corrected chi connectivity index (χ1v) is 3.23. The minimum Gasteiger partial charge on any atom is -0.629 e. The van der Waals surface area contributed by atoms with Gasteiger partial charge in [0.05, 0.1) is 5.56 Å². The Kier molecular flexibility index (Phi) is 6.53. The van der Waals surface area contributed by atoms with Gasteiger partial charge in [0.2, 0.25) is 0 Å². The maximum Gasteiger partial charge on any atom is 1.00 e. The first-order valence-electron chi connectivity index (χ1n) is 3.23. The van der Waals surface area contributed by atoms with Crippen LogP contribution in [0, 0.1) is 0 Å². The maximum atomic E-state index is 10.9. The minimum atomic E-state index is -0.920. The van der Waals surface area contributed by atoms with Crippen molar-refractivity contribution < 1.29 is 63.3 Å². The number of hydrogen-bond donors (Lipinski definition) is 2. The number of nitrogens with one attached hydrogen (secondary N) is 1. The molecule has 5 heteroatoms. The predicted molar refractivity (Wildman–Crippen MR) is 40.1 cm³/mol. The molecular weight excluding hydrogens is 230 g/mol. The standard InChI is InChI=1S/C7H10N2O2.Rb/c1-8-6(10)5-3-2-4-9-7(5)11;/h2-4,6,8,10H,1H3,(H,9,11);/q;+1/p-1. The number of pyridine rings is 1. The van der Waals surface area contributed by atoms with E-state index in [0.717, 1.165) is 0 Å². The van der Waals surface area contributed by atoms with E-state index in [9.17, 15) is 4.79 Å². The third kappa shape index (κ3) is 3.20. The minimum absolute atomic E-state index is 0. The van der Waals surface area contributed by atoms with Crippen LogP contribution in [0.4, 0.5) is 0 Å². The summed E-state index contributed by atoms with van der Waals surface area (Å²) >= 11 is 0. The average Bonchev–Trinajstić information content (AvgIpc) is 2.04. The first-order chi connectivity index (χ1) is 5.25. The molecule has 0 fully saturated rings. The van der Waals surface area contributed by atoms with Gasteiger partial charge in [-0.15, -0.1) is 0 Å². The molecule has 0 amide bonds. The van der Waals surface area contributed by atoms with Gasteiger partial charge in [-0.05, 0) is 7.05 Å². The van der Waals surface area contributed by atoms with Crippen molar-refractivity contribution in [3.05, 3.63) is 34.2 Å². The van der Waals surface area contributed by atoms with Crippen molar-refractivity contribution >= 4 is 0 Å². The van der Waals surface area contributed by atoms with E-state index in [0.29, 0.717) is 0 Å². The zero-order chi connectivity index (χ0) is 8.27. The van der Waals surface area contributed by atoms with Crippen LogP contribution in [0.3, 0.4) is 0 Å². The van der Waals surface area contributed by atoms with Gasteiger partial charge in [-0.25, -0.2) is 0 Å². The van der Waals surface area contributed by atoms with Gasteiger partial charge >= 0.3 is 58.2 Å². The molecule has 0 aliphatic rings. The van der Waals surface area contributed by atoms with Crippen LogP contribution in [0.25, 0.3) is 0 Å². The predicted octanol–water partition coefficient (Wildman–Crippen LogP) is -3.78. The molecule has 60 valence electrons. The molecule has 1 unspecified atom stereocenters. The molecule has 0 aliphatic heterocycles. The normalized spacial score (nSPS) is 11.8. The van der Waals surface area contributed by atoms with Gasteiger partial charge in [0, 0.05) is 5.56 Å². The fourth-order valence-corrected chi connectivity index (χ4v) is 0.767. The summed E-state index contributed by atoms with van der Waals surface area (Å²) in [4.78, 5) is 14.4. The number of aromatic nitrogens is 1. The topological polar surface area (TPSA) is 63.4 Å². The molecule has 1 atom stereocenters. The second-order valence-electron chi connectivity index (χ2n) is 2.09. The van der Waals surface area contributed by atoms with Crippen molar-refractivity contribution in [1.29, 1.82) is 0 Å². The molecule has 0 aliphatic carbocycles. The van der Waals surface area contributed by atoms with Crippen LogP contribution in [-0.4, -0.2) is 12.2 Å². The summed E-state index contributed by atoms with van der Waals surface area (Å²) in [6.45, 7) is 0. The van der Waals surface area contributed by atoms with Gasteiger partial charge in [-0.1, -0.05) is 12.1 Å². The SMILES string of the molecule is CNC(O)c1ccc[n-]c1=O.[Rb+]. The number of aliphatic hydroxyl groups excluding tert-OH is 1. The van der Waals surface area contributed by atoms with E-state index in [-0.39, 0.29) is 63.8 Å². The molecule has 0 spiro atoms. The first kappa shape index (κ1) is 12.7. The van der Waals surface area contributed by atoms with Gasteiger partial charge < -0.3 is 14.9 Å². The Bertz CT molecular complexity index is 287. The van der Waals surface area contributed by atoms with Gasteiger partial charge in [0.1, 0.15) is 6.23 Å². The van der Waals surface area contributed by atoms with E-state index in [1.54, 1.807) is 13.1 Å². The molecule has 4 nitrogen and oxygen atoms in total. The summed E-state index contributed by atoms with van der Waals surface area (Å²) in [5.41, 5.74) is -0.121. The number of nitrogens with zero attached hydrogens (tertiary/aromatic N) is 1. The third-order valence-corrected chi connectivity index (χ3v) is 1.37. The summed E-state index contributed by atoms with van der Waals surface area (Å²) < 4.78 is 0. The van der Waals surface area contributed by atoms with E-state index in [1.165, 1.54) is 12.3 Å². The van der Waals surface area contributed by atoms with Crippen molar-refractivity contribution in [2.24, 2.45) is 0 Å². The average molecular weight is 239 g/mol. The quantitative estimate of drug-likeness (QED) is 0.519. The Labute approximate surface area is 119 Å². The van der Waals surface area contributed by atoms with Crippen LogP contribution >= 0.6 is 0 Å². The largest absolute Gasteiger partial charge is 1.00 e. The van der Waals surface area contributed by atoms with Crippen LogP contribution in [0.1, 0.15) is 11.8 Å².